The summed E-state index contributed by atoms with van der Waals surface area (Å²) in [6.45, 7) is 0.183. The normalized spacial score (nSPS) is 11.1. The molecule has 5 nitrogen and oxygen atoms in total. The first-order valence-corrected chi connectivity index (χ1v) is 12.5. The Morgan fingerprint density at radius 3 is 2.21 bits per heavy atom. The van der Waals surface area contributed by atoms with Crippen LogP contribution in [0.5, 0.6) is 5.75 Å². The Hall–Kier alpha value is -3.32. The number of amides is 1. The van der Waals surface area contributed by atoms with Gasteiger partial charge in [0.25, 0.3) is 15.9 Å². The van der Waals surface area contributed by atoms with E-state index in [1.54, 1.807) is 30.3 Å². The third-order valence-electron chi connectivity index (χ3n) is 4.97. The zero-order chi connectivity index (χ0) is 24.1. The van der Waals surface area contributed by atoms with Gasteiger partial charge in [-0.05, 0) is 53.6 Å². The topological polar surface area (TPSA) is 72.5 Å². The molecule has 1 N–H and O–H groups in total. The quantitative estimate of drug-likeness (QED) is 0.313. The van der Waals surface area contributed by atoms with E-state index in [1.807, 2.05) is 36.4 Å². The average molecular weight is 512 g/mol. The van der Waals surface area contributed by atoms with E-state index in [0.717, 1.165) is 11.1 Å². The lowest BCUT2D eigenvalue weighted by Crippen LogP contribution is -2.31. The van der Waals surface area contributed by atoms with E-state index in [9.17, 15) is 13.2 Å². The molecule has 4 aromatic carbocycles. The second-order valence-corrected chi connectivity index (χ2v) is 9.91. The number of para-hydroxylation sites is 1. The van der Waals surface area contributed by atoms with E-state index in [-0.39, 0.29) is 22.8 Å². The monoisotopic (exact) mass is 511 g/mol. The van der Waals surface area contributed by atoms with Crippen LogP contribution < -0.4 is 9.46 Å². The predicted molar refractivity (Wildman–Crippen MR) is 134 cm³/mol. The van der Waals surface area contributed by atoms with Gasteiger partial charge >= 0.3 is 0 Å². The Kier molecular flexibility index (Phi) is 7.22. The summed E-state index contributed by atoms with van der Waals surface area (Å²) in [6, 6.07) is 27.1. The molecule has 0 aliphatic rings. The number of carbonyl (C=O) groups excluding carboxylic acids is 1. The summed E-state index contributed by atoms with van der Waals surface area (Å²) in [4.78, 5) is 13.1. The molecule has 1 amide bonds. The third kappa shape index (κ3) is 5.59. The minimum Gasteiger partial charge on any atom is -0.487 e. The molecule has 4 rings (SSSR count). The lowest BCUT2D eigenvalue weighted by Gasteiger charge is -2.17. The SMILES string of the molecule is O=C(NS(=O)(=O)c1ccc(Cl)cc1)c1cccc(-c2cccc(Cl)c2)c1OCc1ccccc1. The number of carbonyl (C=O) groups is 1. The maximum Gasteiger partial charge on any atom is 0.268 e. The Labute approximate surface area is 208 Å². The Bertz CT molecular complexity index is 1420. The van der Waals surface area contributed by atoms with Crippen LogP contribution in [0, 0.1) is 0 Å². The molecule has 0 aliphatic carbocycles. The first-order valence-electron chi connectivity index (χ1n) is 10.2. The third-order valence-corrected chi connectivity index (χ3v) is 6.81. The minimum absolute atomic E-state index is 0.0749. The highest BCUT2D eigenvalue weighted by atomic mass is 35.5. The Balaban J connectivity index is 1.72. The zero-order valence-electron chi connectivity index (χ0n) is 17.7. The summed E-state index contributed by atoms with van der Waals surface area (Å²) >= 11 is 12.0. The van der Waals surface area contributed by atoms with Gasteiger partial charge in [-0.15, -0.1) is 0 Å². The van der Waals surface area contributed by atoms with Gasteiger partial charge in [0.2, 0.25) is 0 Å². The van der Waals surface area contributed by atoms with Crippen LogP contribution in [0.25, 0.3) is 11.1 Å². The van der Waals surface area contributed by atoms with Crippen molar-refractivity contribution >= 4 is 39.1 Å². The molecule has 8 heteroatoms. The molecule has 0 fully saturated rings. The van der Waals surface area contributed by atoms with E-state index in [4.69, 9.17) is 27.9 Å². The van der Waals surface area contributed by atoms with E-state index in [1.165, 1.54) is 30.3 Å². The van der Waals surface area contributed by atoms with Gasteiger partial charge in [0.05, 0.1) is 10.5 Å². The van der Waals surface area contributed by atoms with Crippen LogP contribution in [0.15, 0.2) is 102 Å². The van der Waals surface area contributed by atoms with Gasteiger partial charge in [0.1, 0.15) is 12.4 Å². The lowest BCUT2D eigenvalue weighted by atomic mass is 10.0. The number of benzene rings is 4. The van der Waals surface area contributed by atoms with Crippen LogP contribution in [-0.2, 0) is 16.6 Å². The molecule has 4 aromatic rings. The number of nitrogens with one attached hydrogen (secondary N) is 1. The molecule has 0 spiro atoms. The maximum atomic E-state index is 13.2. The largest absolute Gasteiger partial charge is 0.487 e. The van der Waals surface area contributed by atoms with Crippen molar-refractivity contribution in [2.24, 2.45) is 0 Å². The van der Waals surface area contributed by atoms with Crippen molar-refractivity contribution in [3.63, 3.8) is 0 Å². The second kappa shape index (κ2) is 10.3. The number of halogens is 2. The minimum atomic E-state index is -4.13. The van der Waals surface area contributed by atoms with Gasteiger partial charge in [0.15, 0.2) is 0 Å². The van der Waals surface area contributed by atoms with Crippen molar-refractivity contribution in [2.45, 2.75) is 11.5 Å². The molecule has 0 radical (unpaired) electrons. The van der Waals surface area contributed by atoms with Crippen LogP contribution in [0.4, 0.5) is 0 Å². The summed E-state index contributed by atoms with van der Waals surface area (Å²) < 4.78 is 33.8. The van der Waals surface area contributed by atoms with Gasteiger partial charge in [-0.25, -0.2) is 13.1 Å². The van der Waals surface area contributed by atoms with Gasteiger partial charge in [-0.3, -0.25) is 4.79 Å². The zero-order valence-corrected chi connectivity index (χ0v) is 20.1. The molecule has 0 saturated heterocycles. The highest BCUT2D eigenvalue weighted by Gasteiger charge is 2.23. The van der Waals surface area contributed by atoms with Gasteiger partial charge in [-0.2, -0.15) is 0 Å². The molecular weight excluding hydrogens is 493 g/mol. The summed E-state index contributed by atoms with van der Waals surface area (Å²) in [5.74, 6) is -0.570. The summed E-state index contributed by atoms with van der Waals surface area (Å²) in [5, 5.41) is 0.905. The smallest absolute Gasteiger partial charge is 0.268 e. The molecule has 0 atom stereocenters. The maximum absolute atomic E-state index is 13.2. The van der Waals surface area contributed by atoms with Crippen molar-refractivity contribution in [3.8, 4) is 16.9 Å². The van der Waals surface area contributed by atoms with E-state index in [0.29, 0.717) is 15.6 Å². The van der Waals surface area contributed by atoms with Crippen LogP contribution in [-0.4, -0.2) is 14.3 Å². The number of rotatable bonds is 7. The van der Waals surface area contributed by atoms with Gasteiger partial charge in [-0.1, -0.05) is 77.8 Å². The lowest BCUT2D eigenvalue weighted by molar-refractivity contribution is 0.0977. The number of hydrogen-bond donors (Lipinski definition) is 1. The molecule has 34 heavy (non-hydrogen) atoms. The van der Waals surface area contributed by atoms with Crippen LogP contribution in [0.1, 0.15) is 15.9 Å². The Morgan fingerprint density at radius 2 is 1.50 bits per heavy atom. The standard InChI is InChI=1S/C26H19Cl2NO4S/c27-20-12-14-22(15-13-20)34(31,32)29-26(30)24-11-5-10-23(19-8-4-9-21(28)16-19)25(24)33-17-18-6-2-1-3-7-18/h1-16H,17H2,(H,29,30). The summed E-state index contributed by atoms with van der Waals surface area (Å²) in [7, 11) is -4.13. The first kappa shape index (κ1) is 23.8. The molecule has 0 saturated carbocycles. The van der Waals surface area contributed by atoms with E-state index in [2.05, 4.69) is 4.72 Å². The number of hydrogen-bond acceptors (Lipinski definition) is 4. The molecule has 0 aromatic heterocycles. The highest BCUT2D eigenvalue weighted by Crippen LogP contribution is 2.35. The van der Waals surface area contributed by atoms with Crippen LogP contribution in [0.3, 0.4) is 0 Å². The predicted octanol–water partition coefficient (Wildman–Crippen LogP) is 6.36. The summed E-state index contributed by atoms with van der Waals surface area (Å²) in [5.41, 5.74) is 2.30. The average Bonchev–Trinajstić information content (AvgIpc) is 2.83. The fourth-order valence-corrected chi connectivity index (χ4v) is 4.62. The van der Waals surface area contributed by atoms with Gasteiger partial charge < -0.3 is 4.74 Å². The Morgan fingerprint density at radius 1 is 0.794 bits per heavy atom. The van der Waals surface area contributed by atoms with Crippen molar-refractivity contribution in [2.75, 3.05) is 0 Å². The van der Waals surface area contributed by atoms with Crippen molar-refractivity contribution in [1.82, 2.24) is 4.72 Å². The van der Waals surface area contributed by atoms with Crippen molar-refractivity contribution in [3.05, 3.63) is 118 Å². The number of sulfonamides is 1. The fourth-order valence-electron chi connectivity index (χ4n) is 3.33. The molecule has 0 unspecified atom stereocenters. The molecule has 172 valence electrons. The highest BCUT2D eigenvalue weighted by molar-refractivity contribution is 7.90. The van der Waals surface area contributed by atoms with Crippen molar-refractivity contribution in [1.29, 1.82) is 0 Å². The summed E-state index contributed by atoms with van der Waals surface area (Å²) in [6.07, 6.45) is 0. The van der Waals surface area contributed by atoms with E-state index >= 15 is 0 Å². The molecule has 0 bridgehead atoms. The second-order valence-electron chi connectivity index (χ2n) is 7.36. The van der Waals surface area contributed by atoms with Crippen LogP contribution >= 0.6 is 23.2 Å². The van der Waals surface area contributed by atoms with Crippen LogP contribution in [0.2, 0.25) is 10.0 Å². The first-order chi connectivity index (χ1) is 16.3. The van der Waals surface area contributed by atoms with Crippen molar-refractivity contribution < 1.29 is 17.9 Å². The van der Waals surface area contributed by atoms with Gasteiger partial charge in [0, 0.05) is 15.6 Å². The molecule has 0 heterocycles. The fraction of sp³-hybridized carbons (Fsp3) is 0.0385. The molecular formula is C26H19Cl2NO4S. The molecule has 0 aliphatic heterocycles. The number of ether oxygens (including phenoxy) is 1. The van der Waals surface area contributed by atoms with E-state index < -0.39 is 15.9 Å².